The number of anilines is 2. The van der Waals surface area contributed by atoms with Crippen LogP contribution in [0.25, 0.3) is 11.4 Å². The summed E-state index contributed by atoms with van der Waals surface area (Å²) < 4.78 is 8.84. The summed E-state index contributed by atoms with van der Waals surface area (Å²) in [5.41, 5.74) is 3.41. The summed E-state index contributed by atoms with van der Waals surface area (Å²) in [5.74, 6) is 3.34. The summed E-state index contributed by atoms with van der Waals surface area (Å²) in [6, 6.07) is 20.8. The van der Waals surface area contributed by atoms with Gasteiger partial charge in [0.2, 0.25) is 5.91 Å². The van der Waals surface area contributed by atoms with Crippen LogP contribution >= 0.6 is 11.9 Å². The van der Waals surface area contributed by atoms with Crippen molar-refractivity contribution in [3.05, 3.63) is 71.8 Å². The zero-order valence-electron chi connectivity index (χ0n) is 21.9. The van der Waals surface area contributed by atoms with Crippen molar-refractivity contribution in [1.82, 2.24) is 19.6 Å². The van der Waals surface area contributed by atoms with E-state index in [0.717, 1.165) is 60.9 Å². The largest absolute Gasteiger partial charge is 0.376 e. The lowest BCUT2D eigenvalue weighted by atomic mass is 10.1. The normalized spacial score (nSPS) is 17.6. The third-order valence-electron chi connectivity index (χ3n) is 6.81. The fourth-order valence-electron chi connectivity index (χ4n) is 4.79. The van der Waals surface area contributed by atoms with E-state index in [-0.39, 0.29) is 18.1 Å². The minimum Gasteiger partial charge on any atom is -0.376 e. The molecule has 1 fully saturated rings. The molecular weight excluding hydrogens is 496 g/mol. The van der Waals surface area contributed by atoms with Gasteiger partial charge in [0.15, 0.2) is 5.82 Å². The maximum absolute atomic E-state index is 11.2. The second-order valence-corrected chi connectivity index (χ2v) is 10.8. The molecule has 0 spiro atoms. The van der Waals surface area contributed by atoms with Crippen LogP contribution in [0.5, 0.6) is 0 Å². The monoisotopic (exact) mass is 532 g/mol. The molecule has 0 radical (unpaired) electrons. The zero-order chi connectivity index (χ0) is 26.2. The number of nitrogens with zero attached hydrogens (tertiary/aromatic N) is 3. The number of carbonyl (C=O) groups is 1. The van der Waals surface area contributed by atoms with E-state index in [1.165, 1.54) is 12.5 Å². The molecule has 2 aliphatic heterocycles. The lowest BCUT2D eigenvalue weighted by Crippen LogP contribution is -2.35. The molecule has 38 heavy (non-hydrogen) atoms. The topological polar surface area (TPSA) is 91.4 Å². The summed E-state index contributed by atoms with van der Waals surface area (Å²) >= 11 is 1.92. The number of nitrogens with one attached hydrogen (secondary N) is 3. The molecule has 3 N–H and O–H groups in total. The number of hydrogen-bond donors (Lipinski definition) is 3. The van der Waals surface area contributed by atoms with Gasteiger partial charge in [0, 0.05) is 56.4 Å². The zero-order valence-corrected chi connectivity index (χ0v) is 22.7. The number of piperidine rings is 1. The van der Waals surface area contributed by atoms with E-state index in [2.05, 4.69) is 50.6 Å². The van der Waals surface area contributed by atoms with E-state index >= 15 is 0 Å². The molecule has 1 unspecified atom stereocenters. The first-order valence-electron chi connectivity index (χ1n) is 13.4. The van der Waals surface area contributed by atoms with Crippen molar-refractivity contribution >= 4 is 29.5 Å². The highest BCUT2D eigenvalue weighted by Crippen LogP contribution is 2.32. The highest BCUT2D eigenvalue weighted by atomic mass is 32.2. The number of carbonyl (C=O) groups excluding carboxylic acids is 1. The van der Waals surface area contributed by atoms with Crippen LogP contribution in [-0.4, -0.2) is 65.1 Å². The molecule has 1 saturated heterocycles. The predicted molar refractivity (Wildman–Crippen MR) is 154 cm³/mol. The molecule has 8 nitrogen and oxygen atoms in total. The lowest BCUT2D eigenvalue weighted by Gasteiger charge is -2.31. The minimum absolute atomic E-state index is 0.0378. The van der Waals surface area contributed by atoms with Crippen LogP contribution in [0.15, 0.2) is 60.7 Å². The first-order chi connectivity index (χ1) is 18.6. The van der Waals surface area contributed by atoms with Crippen molar-refractivity contribution in [2.75, 3.05) is 43.4 Å². The van der Waals surface area contributed by atoms with Crippen molar-refractivity contribution in [3.63, 3.8) is 0 Å². The minimum atomic E-state index is -0.0378. The molecule has 2 aromatic carbocycles. The summed E-state index contributed by atoms with van der Waals surface area (Å²) in [7, 11) is 0. The average molecular weight is 533 g/mol. The summed E-state index contributed by atoms with van der Waals surface area (Å²) in [6.07, 6.45) is 3.19. The van der Waals surface area contributed by atoms with Gasteiger partial charge >= 0.3 is 0 Å². The third kappa shape index (κ3) is 7.24. The van der Waals surface area contributed by atoms with Crippen LogP contribution in [0, 0.1) is 0 Å². The summed E-state index contributed by atoms with van der Waals surface area (Å²) in [6.45, 7) is 5.40. The predicted octanol–water partition coefficient (Wildman–Crippen LogP) is 4.36. The average Bonchev–Trinajstić information content (AvgIpc) is 3.38. The Morgan fingerprint density at radius 3 is 2.53 bits per heavy atom. The Hall–Kier alpha value is -3.14. The quantitative estimate of drug-likeness (QED) is 0.248. The molecule has 200 valence electrons. The van der Waals surface area contributed by atoms with E-state index in [1.807, 2.05) is 42.3 Å². The van der Waals surface area contributed by atoms with Gasteiger partial charge in [0.1, 0.15) is 11.6 Å². The van der Waals surface area contributed by atoms with Crippen molar-refractivity contribution in [2.24, 2.45) is 0 Å². The van der Waals surface area contributed by atoms with E-state index in [0.29, 0.717) is 25.5 Å². The van der Waals surface area contributed by atoms with Crippen LogP contribution in [0.4, 0.5) is 11.6 Å². The SMILES string of the molecule is CC(=O)NCCNc1nc(-c2ccccc2)nc2c1CC(COC1CCN(SCc3ccccc3)CC1)N2. The number of ether oxygens (including phenoxy) is 1. The number of amides is 1. The van der Waals surface area contributed by atoms with E-state index in [9.17, 15) is 4.79 Å². The first-order valence-corrected chi connectivity index (χ1v) is 14.3. The number of rotatable bonds is 11. The summed E-state index contributed by atoms with van der Waals surface area (Å²) in [4.78, 5) is 20.9. The molecule has 0 saturated carbocycles. The maximum Gasteiger partial charge on any atom is 0.216 e. The molecule has 1 amide bonds. The molecule has 3 aromatic rings. The van der Waals surface area contributed by atoms with Gasteiger partial charge in [0.05, 0.1) is 18.8 Å². The number of benzene rings is 2. The molecule has 2 aliphatic rings. The Morgan fingerprint density at radius 1 is 1.05 bits per heavy atom. The molecule has 9 heteroatoms. The first kappa shape index (κ1) is 26.5. The van der Waals surface area contributed by atoms with Gasteiger partial charge in [-0.1, -0.05) is 72.6 Å². The molecule has 1 aromatic heterocycles. The van der Waals surface area contributed by atoms with Crippen molar-refractivity contribution < 1.29 is 9.53 Å². The van der Waals surface area contributed by atoms with Crippen LogP contribution in [0.2, 0.25) is 0 Å². The Balaban J connectivity index is 1.14. The van der Waals surface area contributed by atoms with Crippen molar-refractivity contribution in [3.8, 4) is 11.4 Å². The molecule has 5 rings (SSSR count). The lowest BCUT2D eigenvalue weighted by molar-refractivity contribution is -0.118. The van der Waals surface area contributed by atoms with Gasteiger partial charge < -0.3 is 20.7 Å². The van der Waals surface area contributed by atoms with Crippen molar-refractivity contribution in [2.45, 2.75) is 44.1 Å². The highest BCUT2D eigenvalue weighted by Gasteiger charge is 2.28. The summed E-state index contributed by atoms with van der Waals surface area (Å²) in [5, 5.41) is 9.82. The molecule has 0 aliphatic carbocycles. The van der Waals surface area contributed by atoms with Crippen LogP contribution < -0.4 is 16.0 Å². The molecule has 0 bridgehead atoms. The Labute approximate surface area is 229 Å². The fraction of sp³-hybridized carbons (Fsp3) is 0.414. The second kappa shape index (κ2) is 13.1. The van der Waals surface area contributed by atoms with Gasteiger partial charge in [-0.3, -0.25) is 9.10 Å². The highest BCUT2D eigenvalue weighted by molar-refractivity contribution is 7.96. The Kier molecular flexibility index (Phi) is 9.11. The third-order valence-corrected chi connectivity index (χ3v) is 8.01. The van der Waals surface area contributed by atoms with Gasteiger partial charge in [0.25, 0.3) is 0 Å². The molecule has 3 heterocycles. The van der Waals surface area contributed by atoms with Crippen molar-refractivity contribution in [1.29, 1.82) is 0 Å². The standard InChI is InChI=1S/C29H36N6O2S/c1-21(36)30-14-15-31-28-26-18-24(32-29(26)34-27(33-28)23-10-6-3-7-11-23)19-37-25-12-16-35(17-13-25)38-20-22-8-4-2-5-9-22/h2-11,24-25H,12-20H2,1H3,(H,30,36)(H2,31,32,33,34). The molecule has 1 atom stereocenters. The number of hydrogen-bond acceptors (Lipinski definition) is 8. The smallest absolute Gasteiger partial charge is 0.216 e. The Morgan fingerprint density at radius 2 is 1.79 bits per heavy atom. The Bertz CT molecular complexity index is 1190. The van der Waals surface area contributed by atoms with Crippen LogP contribution in [0.1, 0.15) is 30.9 Å². The fourth-order valence-corrected chi connectivity index (χ4v) is 5.78. The van der Waals surface area contributed by atoms with Gasteiger partial charge in [-0.15, -0.1) is 0 Å². The van der Waals surface area contributed by atoms with Gasteiger partial charge in [-0.2, -0.15) is 0 Å². The molecular formula is C29H36N6O2S. The van der Waals surface area contributed by atoms with Crippen LogP contribution in [0.3, 0.4) is 0 Å². The maximum atomic E-state index is 11.2. The number of fused-ring (bicyclic) bond motifs is 1. The van der Waals surface area contributed by atoms with Gasteiger partial charge in [-0.05, 0) is 18.4 Å². The van der Waals surface area contributed by atoms with E-state index in [4.69, 9.17) is 14.7 Å². The number of aromatic nitrogens is 2. The van der Waals surface area contributed by atoms with Crippen LogP contribution in [-0.2, 0) is 21.7 Å². The van der Waals surface area contributed by atoms with Gasteiger partial charge in [-0.25, -0.2) is 9.97 Å². The van der Waals surface area contributed by atoms with E-state index in [1.54, 1.807) is 0 Å². The van der Waals surface area contributed by atoms with E-state index < -0.39 is 0 Å². The second-order valence-electron chi connectivity index (χ2n) is 9.76.